The van der Waals surface area contributed by atoms with Gasteiger partial charge in [-0.15, -0.1) is 0 Å². The van der Waals surface area contributed by atoms with Crippen molar-refractivity contribution in [2.45, 2.75) is 31.7 Å². The Morgan fingerprint density at radius 3 is 2.17 bits per heavy atom. The van der Waals surface area contributed by atoms with Crippen LogP contribution >= 0.6 is 0 Å². The van der Waals surface area contributed by atoms with E-state index in [4.69, 9.17) is 0 Å². The minimum atomic E-state index is -3.68. The molecule has 0 aliphatic rings. The average Bonchev–Trinajstić information content (AvgIpc) is 2.70. The summed E-state index contributed by atoms with van der Waals surface area (Å²) in [5.41, 5.74) is 3.77. The minimum Gasteiger partial charge on any atom is -0.346 e. The largest absolute Gasteiger partial charge is 0.346 e. The van der Waals surface area contributed by atoms with Crippen LogP contribution in [0.4, 0.5) is 5.69 Å². The van der Waals surface area contributed by atoms with Gasteiger partial charge >= 0.3 is 0 Å². The quantitative estimate of drug-likeness (QED) is 0.626. The van der Waals surface area contributed by atoms with Crippen LogP contribution in [0.25, 0.3) is 0 Å². The Bertz CT molecular complexity index is 1110. The van der Waals surface area contributed by atoms with Crippen LogP contribution < -0.4 is 10.0 Å². The van der Waals surface area contributed by atoms with Crippen molar-refractivity contribution in [3.05, 3.63) is 95.1 Å². The van der Waals surface area contributed by atoms with Gasteiger partial charge in [0.25, 0.3) is 15.9 Å². The molecule has 0 aliphatic carbocycles. The summed E-state index contributed by atoms with van der Waals surface area (Å²) in [4.78, 5) is 12.8. The van der Waals surface area contributed by atoms with E-state index in [9.17, 15) is 13.2 Å². The number of nitrogens with one attached hydrogen (secondary N) is 2. The lowest BCUT2D eigenvalue weighted by Gasteiger charge is -2.16. The van der Waals surface area contributed by atoms with Crippen molar-refractivity contribution in [3.63, 3.8) is 0 Å². The summed E-state index contributed by atoms with van der Waals surface area (Å²) in [6.07, 6.45) is 0. The molecule has 0 saturated carbocycles. The Hall–Kier alpha value is -3.12. The van der Waals surface area contributed by atoms with Crippen molar-refractivity contribution in [3.8, 4) is 0 Å². The molecule has 0 spiro atoms. The van der Waals surface area contributed by atoms with E-state index in [1.165, 1.54) is 12.1 Å². The van der Waals surface area contributed by atoms with E-state index in [0.29, 0.717) is 16.8 Å². The molecule has 2 N–H and O–H groups in total. The zero-order valence-corrected chi connectivity index (χ0v) is 17.5. The van der Waals surface area contributed by atoms with Gasteiger partial charge in [0.2, 0.25) is 0 Å². The Morgan fingerprint density at radius 2 is 1.55 bits per heavy atom. The van der Waals surface area contributed by atoms with Crippen molar-refractivity contribution in [2.24, 2.45) is 0 Å². The van der Waals surface area contributed by atoms with Crippen molar-refractivity contribution >= 4 is 21.6 Å². The second-order valence-corrected chi connectivity index (χ2v) is 8.74. The van der Waals surface area contributed by atoms with Gasteiger partial charge in [-0.1, -0.05) is 48.0 Å². The summed E-state index contributed by atoms with van der Waals surface area (Å²) in [6, 6.07) is 20.9. The van der Waals surface area contributed by atoms with Crippen LogP contribution in [-0.2, 0) is 10.0 Å². The molecular formula is C23H24N2O3S. The monoisotopic (exact) mass is 408 g/mol. The molecule has 0 heterocycles. The molecule has 1 atom stereocenters. The summed E-state index contributed by atoms with van der Waals surface area (Å²) in [5.74, 6) is -0.210. The zero-order chi connectivity index (χ0) is 21.0. The first-order valence-corrected chi connectivity index (χ1v) is 10.8. The standard InChI is InChI=1S/C23H24N2O3S/c1-16-9-11-19(12-10-16)18(3)24-23(26)20-13-14-22(17(2)15-20)25-29(27,28)21-7-5-4-6-8-21/h4-15,18,25H,1-3H3,(H,24,26)/t18-/m0/s1. The molecule has 29 heavy (non-hydrogen) atoms. The highest BCUT2D eigenvalue weighted by molar-refractivity contribution is 7.92. The van der Waals surface area contributed by atoms with Gasteiger partial charge in [0.15, 0.2) is 0 Å². The second-order valence-electron chi connectivity index (χ2n) is 7.05. The molecule has 0 saturated heterocycles. The molecule has 3 rings (SSSR count). The Labute approximate surface area is 171 Å². The molecule has 3 aromatic rings. The highest BCUT2D eigenvalue weighted by Gasteiger charge is 2.16. The van der Waals surface area contributed by atoms with Gasteiger partial charge in [-0.25, -0.2) is 8.42 Å². The Balaban J connectivity index is 1.73. The molecule has 0 fully saturated rings. The third-order valence-electron chi connectivity index (χ3n) is 4.71. The van der Waals surface area contributed by atoms with E-state index in [1.54, 1.807) is 43.3 Å². The fourth-order valence-corrected chi connectivity index (χ4v) is 4.09. The lowest BCUT2D eigenvalue weighted by atomic mass is 10.1. The van der Waals surface area contributed by atoms with Crippen LogP contribution in [0.1, 0.15) is 40.0 Å². The van der Waals surface area contributed by atoms with Gasteiger partial charge in [-0.2, -0.15) is 0 Å². The van der Waals surface area contributed by atoms with Crippen molar-refractivity contribution in [1.29, 1.82) is 0 Å². The summed E-state index contributed by atoms with van der Waals surface area (Å²) < 4.78 is 27.6. The van der Waals surface area contributed by atoms with Gasteiger partial charge in [0.1, 0.15) is 0 Å². The smallest absolute Gasteiger partial charge is 0.261 e. The average molecular weight is 409 g/mol. The third kappa shape index (κ3) is 5.03. The van der Waals surface area contributed by atoms with E-state index in [1.807, 2.05) is 38.1 Å². The van der Waals surface area contributed by atoms with Crippen molar-refractivity contribution < 1.29 is 13.2 Å². The number of amides is 1. The number of carbonyl (C=O) groups is 1. The lowest BCUT2D eigenvalue weighted by Crippen LogP contribution is -2.26. The highest BCUT2D eigenvalue weighted by atomic mass is 32.2. The first kappa shape index (κ1) is 20.6. The van der Waals surface area contributed by atoms with Crippen molar-refractivity contribution in [2.75, 3.05) is 4.72 Å². The third-order valence-corrected chi connectivity index (χ3v) is 6.09. The summed E-state index contributed by atoms with van der Waals surface area (Å²) in [6.45, 7) is 5.71. The topological polar surface area (TPSA) is 75.3 Å². The SMILES string of the molecule is Cc1ccc([C@H](C)NC(=O)c2ccc(NS(=O)(=O)c3ccccc3)c(C)c2)cc1. The number of aryl methyl sites for hydroxylation is 2. The summed E-state index contributed by atoms with van der Waals surface area (Å²) in [7, 11) is -3.68. The highest BCUT2D eigenvalue weighted by Crippen LogP contribution is 2.22. The Kier molecular flexibility index (Phi) is 6.03. The van der Waals surface area contributed by atoms with Gasteiger partial charge in [-0.3, -0.25) is 9.52 Å². The number of sulfonamides is 1. The number of hydrogen-bond donors (Lipinski definition) is 2. The van der Waals surface area contributed by atoms with Gasteiger partial charge in [0.05, 0.1) is 16.6 Å². The zero-order valence-electron chi connectivity index (χ0n) is 16.6. The maximum atomic E-state index is 12.6. The fourth-order valence-electron chi connectivity index (χ4n) is 2.94. The first-order valence-electron chi connectivity index (χ1n) is 9.32. The number of benzene rings is 3. The molecule has 0 unspecified atom stereocenters. The first-order chi connectivity index (χ1) is 13.8. The molecule has 0 aromatic heterocycles. The maximum Gasteiger partial charge on any atom is 0.261 e. The van der Waals surface area contributed by atoms with E-state index >= 15 is 0 Å². The molecule has 1 amide bonds. The number of hydrogen-bond acceptors (Lipinski definition) is 3. The van der Waals surface area contributed by atoms with Crippen LogP contribution in [0.2, 0.25) is 0 Å². The maximum absolute atomic E-state index is 12.6. The van der Waals surface area contributed by atoms with E-state index in [0.717, 1.165) is 11.1 Å². The van der Waals surface area contributed by atoms with Crippen LogP contribution in [0.5, 0.6) is 0 Å². The molecule has 0 radical (unpaired) electrons. The number of carbonyl (C=O) groups excluding carboxylic acids is 1. The van der Waals surface area contributed by atoms with Gasteiger partial charge in [-0.05, 0) is 62.2 Å². The van der Waals surface area contributed by atoms with Crippen LogP contribution in [0, 0.1) is 13.8 Å². The molecule has 3 aromatic carbocycles. The normalized spacial score (nSPS) is 12.2. The number of anilines is 1. The molecule has 0 bridgehead atoms. The second kappa shape index (κ2) is 8.49. The summed E-state index contributed by atoms with van der Waals surface area (Å²) in [5, 5.41) is 2.98. The number of rotatable bonds is 6. The minimum absolute atomic E-state index is 0.139. The van der Waals surface area contributed by atoms with Crippen LogP contribution in [-0.4, -0.2) is 14.3 Å². The van der Waals surface area contributed by atoms with E-state index < -0.39 is 10.0 Å². The van der Waals surface area contributed by atoms with Gasteiger partial charge < -0.3 is 5.32 Å². The Morgan fingerprint density at radius 1 is 0.897 bits per heavy atom. The lowest BCUT2D eigenvalue weighted by molar-refractivity contribution is 0.0940. The molecule has 6 heteroatoms. The van der Waals surface area contributed by atoms with E-state index in [2.05, 4.69) is 10.0 Å². The fraction of sp³-hybridized carbons (Fsp3) is 0.174. The summed E-state index contributed by atoms with van der Waals surface area (Å²) >= 11 is 0. The van der Waals surface area contributed by atoms with Crippen molar-refractivity contribution in [1.82, 2.24) is 5.32 Å². The van der Waals surface area contributed by atoms with Crippen LogP contribution in [0.15, 0.2) is 77.7 Å². The predicted molar refractivity (Wildman–Crippen MR) is 115 cm³/mol. The van der Waals surface area contributed by atoms with Gasteiger partial charge in [0, 0.05) is 5.56 Å². The molecule has 5 nitrogen and oxygen atoms in total. The molecule has 0 aliphatic heterocycles. The molecule has 150 valence electrons. The van der Waals surface area contributed by atoms with Crippen LogP contribution in [0.3, 0.4) is 0 Å². The molecular weight excluding hydrogens is 384 g/mol. The predicted octanol–water partition coefficient (Wildman–Crippen LogP) is 4.60. The van der Waals surface area contributed by atoms with E-state index in [-0.39, 0.29) is 16.8 Å².